The van der Waals surface area contributed by atoms with E-state index in [1.165, 1.54) is 7.11 Å². The largest absolute Gasteiger partial charge is 0.497 e. The number of fused-ring (bicyclic) bond motifs is 6. The highest BCUT2D eigenvalue weighted by Gasteiger charge is 2.35. The first-order valence-corrected chi connectivity index (χ1v) is 20.2. The molecule has 0 saturated carbocycles. The molecular weight excluding hydrogens is 673 g/mol. The van der Waals surface area contributed by atoms with Gasteiger partial charge in [-0.3, -0.25) is 0 Å². The molecule has 4 aliphatic heterocycles. The van der Waals surface area contributed by atoms with Crippen molar-refractivity contribution in [1.82, 2.24) is 10.6 Å². The third-order valence-electron chi connectivity index (χ3n) is 10.4. The van der Waals surface area contributed by atoms with E-state index in [9.17, 15) is 16.8 Å². The molecule has 50 heavy (non-hydrogen) atoms. The van der Waals surface area contributed by atoms with Gasteiger partial charge in [0, 0.05) is 35.3 Å². The van der Waals surface area contributed by atoms with Crippen LogP contribution in [0.15, 0.2) is 105 Å². The highest BCUT2D eigenvalue weighted by Crippen LogP contribution is 2.43. The second-order valence-corrected chi connectivity index (χ2v) is 17.1. The maximum absolute atomic E-state index is 13.0. The number of methoxy groups -OCH3 is 2. The van der Waals surface area contributed by atoms with Crippen LogP contribution < -0.4 is 30.7 Å². The van der Waals surface area contributed by atoms with Gasteiger partial charge in [0.05, 0.1) is 33.8 Å². The van der Waals surface area contributed by atoms with Crippen molar-refractivity contribution in [3.05, 3.63) is 96.1 Å². The topological polar surface area (TPSA) is 135 Å². The van der Waals surface area contributed by atoms with E-state index in [-0.39, 0.29) is 4.90 Å². The van der Waals surface area contributed by atoms with Crippen LogP contribution in [0.1, 0.15) is 48.6 Å². The van der Waals surface area contributed by atoms with Gasteiger partial charge in [0.1, 0.15) is 11.5 Å². The number of anilines is 2. The summed E-state index contributed by atoms with van der Waals surface area (Å²) >= 11 is 0. The minimum Gasteiger partial charge on any atom is -0.497 e. The maximum atomic E-state index is 13.0. The first kappa shape index (κ1) is 34.4. The van der Waals surface area contributed by atoms with Gasteiger partial charge >= 0.3 is 0 Å². The van der Waals surface area contributed by atoms with Crippen LogP contribution >= 0.6 is 0 Å². The number of benzene rings is 4. The molecule has 4 atom stereocenters. The van der Waals surface area contributed by atoms with E-state index in [0.717, 1.165) is 74.4 Å². The summed E-state index contributed by atoms with van der Waals surface area (Å²) in [6.07, 6.45) is 4.15. The molecule has 4 heterocycles. The fourth-order valence-electron chi connectivity index (χ4n) is 7.66. The molecule has 2 fully saturated rings. The van der Waals surface area contributed by atoms with Gasteiger partial charge < -0.3 is 30.7 Å². The van der Waals surface area contributed by atoms with Crippen LogP contribution in [0.3, 0.4) is 0 Å². The molecule has 0 aliphatic carbocycles. The average molecular weight is 717 g/mol. The van der Waals surface area contributed by atoms with Crippen LogP contribution in [-0.2, 0) is 19.7 Å². The van der Waals surface area contributed by atoms with Gasteiger partial charge in [0.25, 0.3) is 0 Å². The second kappa shape index (κ2) is 14.3. The maximum Gasteiger partial charge on any atom is 0.206 e. The van der Waals surface area contributed by atoms with Gasteiger partial charge in [-0.05, 0) is 142 Å². The van der Waals surface area contributed by atoms with Gasteiger partial charge in [-0.2, -0.15) is 0 Å². The number of sulfone groups is 2. The van der Waals surface area contributed by atoms with Crippen molar-refractivity contribution >= 4 is 31.0 Å². The molecule has 10 nitrogen and oxygen atoms in total. The summed E-state index contributed by atoms with van der Waals surface area (Å²) in [5, 5.41) is 14.0. The zero-order chi connectivity index (χ0) is 34.9. The molecule has 0 bridgehead atoms. The molecule has 0 radical (unpaired) electrons. The molecule has 4 aromatic carbocycles. The number of ether oxygens (including phenoxy) is 2. The van der Waals surface area contributed by atoms with Crippen LogP contribution in [0.25, 0.3) is 0 Å². The SMILES string of the molecule is COc1ccc(S(=O)(=O)c2ccc3c(c2)[C@@H]2CCNCC[C@@H]2N3)cc1.COc1cccc(S(=O)(=O)c2ccc3c(c2)[C@@H]2CCNCC[C@@H]2N3)c1. The molecule has 0 aromatic heterocycles. The molecule has 4 aromatic rings. The van der Waals surface area contributed by atoms with Crippen LogP contribution in [0.4, 0.5) is 11.4 Å². The summed E-state index contributed by atoms with van der Waals surface area (Å²) in [6, 6.07) is 24.9. The summed E-state index contributed by atoms with van der Waals surface area (Å²) in [7, 11) is -4.00. The molecule has 4 aliphatic rings. The Hall–Kier alpha value is -4.10. The van der Waals surface area contributed by atoms with Crippen molar-refractivity contribution in [2.45, 2.75) is 69.2 Å². The van der Waals surface area contributed by atoms with Gasteiger partial charge in [-0.25, -0.2) is 16.8 Å². The monoisotopic (exact) mass is 716 g/mol. The molecular formula is C38H44N4O6S2. The third kappa shape index (κ3) is 6.69. The van der Waals surface area contributed by atoms with Crippen LogP contribution in [0, 0.1) is 0 Å². The molecule has 0 spiro atoms. The van der Waals surface area contributed by atoms with Crippen LogP contribution in [0.2, 0.25) is 0 Å². The first-order valence-electron chi connectivity index (χ1n) is 17.2. The smallest absolute Gasteiger partial charge is 0.206 e. The van der Waals surface area contributed by atoms with Crippen molar-refractivity contribution in [2.24, 2.45) is 0 Å². The average Bonchev–Trinajstić information content (AvgIpc) is 3.43. The van der Waals surface area contributed by atoms with E-state index in [1.54, 1.807) is 67.8 Å². The molecule has 8 rings (SSSR count). The fraction of sp³-hybridized carbons (Fsp3) is 0.368. The van der Waals surface area contributed by atoms with E-state index in [4.69, 9.17) is 9.47 Å². The fourth-order valence-corrected chi connectivity index (χ4v) is 10.3. The summed E-state index contributed by atoms with van der Waals surface area (Å²) in [5.41, 5.74) is 4.40. The van der Waals surface area contributed by atoms with Crippen LogP contribution in [0.5, 0.6) is 11.5 Å². The zero-order valence-electron chi connectivity index (χ0n) is 28.3. The van der Waals surface area contributed by atoms with Gasteiger partial charge in [0.15, 0.2) is 0 Å². The third-order valence-corrected chi connectivity index (χ3v) is 13.9. The summed E-state index contributed by atoms with van der Waals surface area (Å²) in [5.74, 6) is 1.92. The first-order chi connectivity index (χ1) is 24.2. The van der Waals surface area contributed by atoms with Crippen LogP contribution in [-0.4, -0.2) is 69.3 Å². The molecule has 0 unspecified atom stereocenters. The summed E-state index contributed by atoms with van der Waals surface area (Å²) < 4.78 is 62.3. The van der Waals surface area contributed by atoms with Gasteiger partial charge in [-0.15, -0.1) is 0 Å². The van der Waals surface area contributed by atoms with Crippen molar-refractivity contribution < 1.29 is 26.3 Å². The second-order valence-electron chi connectivity index (χ2n) is 13.2. The quantitative estimate of drug-likeness (QED) is 0.201. The standard InChI is InChI=1S/2C19H22N2O3S/c1-24-13-2-4-14(5-3-13)25(22,23)15-6-7-18-17(12-15)16-8-10-20-11-9-19(16)21-18;1-24-13-3-2-4-14(11-13)25(22,23)15-5-6-18-17(12-15)16-7-9-20-10-8-19(16)21-18/h2-7,12,16,19-21H,8-11H2,1H3;2-6,11-12,16,19-21H,7-10H2,1H3/t2*16-,19-/m00/s1. The number of nitrogens with one attached hydrogen (secondary N) is 4. The Kier molecular flexibility index (Phi) is 9.80. The number of rotatable bonds is 6. The van der Waals surface area contributed by atoms with E-state index in [0.29, 0.717) is 50.1 Å². The Balaban J connectivity index is 0.000000157. The van der Waals surface area contributed by atoms with Crippen molar-refractivity contribution in [3.63, 3.8) is 0 Å². The lowest BCUT2D eigenvalue weighted by atomic mass is 9.91. The van der Waals surface area contributed by atoms with E-state index < -0.39 is 19.7 Å². The molecule has 4 N–H and O–H groups in total. The molecule has 12 heteroatoms. The van der Waals surface area contributed by atoms with Crippen molar-refractivity contribution in [2.75, 3.05) is 51.0 Å². The lowest BCUT2D eigenvalue weighted by Gasteiger charge is -2.16. The van der Waals surface area contributed by atoms with E-state index >= 15 is 0 Å². The lowest BCUT2D eigenvalue weighted by molar-refractivity contribution is 0.413. The Morgan fingerprint density at radius 2 is 0.980 bits per heavy atom. The van der Waals surface area contributed by atoms with Gasteiger partial charge in [-0.1, -0.05) is 6.07 Å². The van der Waals surface area contributed by atoms with E-state index in [2.05, 4.69) is 21.3 Å². The van der Waals surface area contributed by atoms with E-state index in [1.807, 2.05) is 24.3 Å². The van der Waals surface area contributed by atoms with Crippen molar-refractivity contribution in [1.29, 1.82) is 0 Å². The summed E-state index contributed by atoms with van der Waals surface area (Å²) in [6.45, 7) is 3.93. The number of hydrogen-bond acceptors (Lipinski definition) is 10. The Morgan fingerprint density at radius 1 is 0.520 bits per heavy atom. The predicted molar refractivity (Wildman–Crippen MR) is 194 cm³/mol. The zero-order valence-corrected chi connectivity index (χ0v) is 29.9. The molecule has 264 valence electrons. The predicted octanol–water partition coefficient (Wildman–Crippen LogP) is 5.58. The lowest BCUT2D eigenvalue weighted by Crippen LogP contribution is -2.21. The molecule has 2 saturated heterocycles. The Morgan fingerprint density at radius 3 is 1.50 bits per heavy atom. The summed E-state index contributed by atoms with van der Waals surface area (Å²) in [4.78, 5) is 1.25. The minimum absolute atomic E-state index is 0.261. The molecule has 0 amide bonds. The number of hydrogen-bond donors (Lipinski definition) is 4. The Bertz CT molecular complexity index is 2070. The normalized spacial score (nSPS) is 22.4. The van der Waals surface area contributed by atoms with Gasteiger partial charge in [0.2, 0.25) is 19.7 Å². The van der Waals surface area contributed by atoms with Crippen molar-refractivity contribution in [3.8, 4) is 11.5 Å². The minimum atomic E-state index is -3.56. The Labute approximate surface area is 294 Å². The highest BCUT2D eigenvalue weighted by atomic mass is 32.2. The highest BCUT2D eigenvalue weighted by molar-refractivity contribution is 7.91.